The van der Waals surface area contributed by atoms with Crippen LogP contribution in [0.2, 0.25) is 0 Å². The number of hydrogen-bond acceptors (Lipinski definition) is 7. The number of pyridine rings is 1. The van der Waals surface area contributed by atoms with Crippen LogP contribution in [-0.4, -0.2) is 98.1 Å². The minimum absolute atomic E-state index is 0.00527. The number of unbranched alkanes of at least 4 members (excludes halogenated alkanes) is 1. The Balaban J connectivity index is 1.37. The zero-order valence-corrected chi connectivity index (χ0v) is 28.2. The Labute approximate surface area is 281 Å². The van der Waals surface area contributed by atoms with Gasteiger partial charge in [0, 0.05) is 64.2 Å². The number of aryl methyl sites for hydroxylation is 2. The maximum Gasteiger partial charge on any atom is 0.317 e. The van der Waals surface area contributed by atoms with Gasteiger partial charge in [-0.25, -0.2) is 14.8 Å². The number of nitrogens with two attached hydrogens (primary N) is 1. The van der Waals surface area contributed by atoms with E-state index in [-0.39, 0.29) is 24.9 Å². The number of carboxylic acids is 1. The Morgan fingerprint density at radius 2 is 1.79 bits per heavy atom. The predicted octanol–water partition coefficient (Wildman–Crippen LogP) is 4.29. The van der Waals surface area contributed by atoms with Crippen LogP contribution in [0.3, 0.4) is 0 Å². The van der Waals surface area contributed by atoms with Gasteiger partial charge in [0.15, 0.2) is 5.82 Å². The third kappa shape index (κ3) is 8.60. The van der Waals surface area contributed by atoms with E-state index in [0.717, 1.165) is 60.0 Å². The molecule has 1 aliphatic heterocycles. The molecular formula is C36H48N8O4. The topological polar surface area (TPSA) is 150 Å². The first-order valence-electron chi connectivity index (χ1n) is 17.1. The van der Waals surface area contributed by atoms with Crippen molar-refractivity contribution in [3.63, 3.8) is 0 Å². The molecule has 1 fully saturated rings. The highest BCUT2D eigenvalue weighted by molar-refractivity contribution is 6.06. The predicted molar refractivity (Wildman–Crippen MR) is 188 cm³/mol. The molecule has 0 spiro atoms. The molecule has 2 aromatic carbocycles. The van der Waals surface area contributed by atoms with Crippen LogP contribution >= 0.6 is 0 Å². The molecule has 0 radical (unpaired) electrons. The van der Waals surface area contributed by atoms with E-state index in [9.17, 15) is 19.5 Å². The lowest BCUT2D eigenvalue weighted by atomic mass is 10.1. The lowest BCUT2D eigenvalue weighted by molar-refractivity contribution is -0.136. The van der Waals surface area contributed by atoms with Crippen molar-refractivity contribution in [2.45, 2.75) is 65.5 Å². The van der Waals surface area contributed by atoms with Crippen molar-refractivity contribution in [1.82, 2.24) is 34.6 Å². The van der Waals surface area contributed by atoms with Crippen molar-refractivity contribution in [3.8, 4) is 0 Å². The summed E-state index contributed by atoms with van der Waals surface area (Å²) < 4.78 is 2.26. The molecule has 4 N–H and O–H groups in total. The Bertz CT molecular complexity index is 1740. The summed E-state index contributed by atoms with van der Waals surface area (Å²) in [6.07, 6.45) is 4.27. The van der Waals surface area contributed by atoms with Gasteiger partial charge in [0.05, 0.1) is 24.0 Å². The minimum atomic E-state index is -0.891. The van der Waals surface area contributed by atoms with Crippen molar-refractivity contribution in [1.29, 1.82) is 0 Å². The van der Waals surface area contributed by atoms with Crippen molar-refractivity contribution < 1.29 is 19.5 Å². The van der Waals surface area contributed by atoms with Gasteiger partial charge in [0.2, 0.25) is 5.91 Å². The average Bonchev–Trinajstić information content (AvgIpc) is 3.26. The molecule has 256 valence electrons. The fourth-order valence-corrected chi connectivity index (χ4v) is 6.50. The highest BCUT2D eigenvalue weighted by Crippen LogP contribution is 2.29. The van der Waals surface area contributed by atoms with E-state index in [1.165, 1.54) is 0 Å². The average molecular weight is 657 g/mol. The van der Waals surface area contributed by atoms with Crippen LogP contribution in [-0.2, 0) is 35.5 Å². The zero-order valence-electron chi connectivity index (χ0n) is 28.2. The number of imidazole rings is 1. The second kappa shape index (κ2) is 16.4. The molecule has 1 aliphatic rings. The number of aliphatic carboxylic acids is 1. The van der Waals surface area contributed by atoms with Gasteiger partial charge >= 0.3 is 12.0 Å². The van der Waals surface area contributed by atoms with E-state index in [2.05, 4.69) is 32.8 Å². The number of anilines is 1. The summed E-state index contributed by atoms with van der Waals surface area (Å²) in [5.41, 5.74) is 10.5. The van der Waals surface area contributed by atoms with E-state index in [1.807, 2.05) is 53.1 Å². The summed E-state index contributed by atoms with van der Waals surface area (Å²) >= 11 is 0. The van der Waals surface area contributed by atoms with Crippen LogP contribution in [0.15, 0.2) is 48.5 Å². The van der Waals surface area contributed by atoms with Crippen molar-refractivity contribution >= 4 is 45.7 Å². The molecule has 0 unspecified atom stereocenters. The highest BCUT2D eigenvalue weighted by Gasteiger charge is 2.23. The number of hydrogen-bond donors (Lipinski definition) is 3. The number of rotatable bonds is 14. The van der Waals surface area contributed by atoms with Crippen LogP contribution in [0, 0.1) is 0 Å². The number of urea groups is 1. The van der Waals surface area contributed by atoms with Gasteiger partial charge in [-0.15, -0.1) is 0 Å². The number of nitrogens with zero attached hydrogens (tertiary/aromatic N) is 6. The molecule has 0 atom stereocenters. The molecule has 3 heterocycles. The molecule has 1 saturated heterocycles. The largest absolute Gasteiger partial charge is 0.481 e. The van der Waals surface area contributed by atoms with Crippen molar-refractivity contribution in [2.75, 3.05) is 51.5 Å². The van der Waals surface area contributed by atoms with Gasteiger partial charge in [-0.05, 0) is 43.4 Å². The van der Waals surface area contributed by atoms with E-state index in [0.29, 0.717) is 69.1 Å². The van der Waals surface area contributed by atoms with Crippen LogP contribution in [0.1, 0.15) is 56.5 Å². The first-order chi connectivity index (χ1) is 23.3. The van der Waals surface area contributed by atoms with E-state index >= 15 is 0 Å². The molecule has 48 heavy (non-hydrogen) atoms. The maximum absolute atomic E-state index is 14.0. The summed E-state index contributed by atoms with van der Waals surface area (Å²) in [5, 5.41) is 13.2. The van der Waals surface area contributed by atoms with Crippen molar-refractivity contribution in [2.24, 2.45) is 0 Å². The summed E-state index contributed by atoms with van der Waals surface area (Å²) in [6.45, 7) is 9.00. The molecule has 0 bridgehead atoms. The van der Waals surface area contributed by atoms with Gasteiger partial charge in [0.25, 0.3) is 0 Å². The Kier molecular flexibility index (Phi) is 11.8. The van der Waals surface area contributed by atoms with E-state index < -0.39 is 5.97 Å². The minimum Gasteiger partial charge on any atom is -0.481 e. The lowest BCUT2D eigenvalue weighted by Crippen LogP contribution is -2.44. The fraction of sp³-hybridized carbons (Fsp3) is 0.472. The molecule has 5 rings (SSSR count). The molecular weight excluding hydrogens is 608 g/mol. The quantitative estimate of drug-likeness (QED) is 0.182. The third-order valence-corrected chi connectivity index (χ3v) is 8.89. The van der Waals surface area contributed by atoms with Gasteiger partial charge in [-0.1, -0.05) is 55.8 Å². The Hall–Kier alpha value is -4.71. The van der Waals surface area contributed by atoms with Gasteiger partial charge in [0.1, 0.15) is 11.3 Å². The third-order valence-electron chi connectivity index (χ3n) is 8.89. The summed E-state index contributed by atoms with van der Waals surface area (Å²) in [6, 6.07) is 15.4. The van der Waals surface area contributed by atoms with Crippen LogP contribution < -0.4 is 11.1 Å². The second-order valence-electron chi connectivity index (χ2n) is 12.5. The van der Waals surface area contributed by atoms with Gasteiger partial charge in [-0.3, -0.25) is 14.5 Å². The zero-order chi connectivity index (χ0) is 34.0. The normalized spacial score (nSPS) is 13.9. The Morgan fingerprint density at radius 1 is 0.979 bits per heavy atom. The number of amides is 3. The first-order valence-corrected chi connectivity index (χ1v) is 17.1. The Morgan fingerprint density at radius 3 is 2.58 bits per heavy atom. The van der Waals surface area contributed by atoms with Crippen LogP contribution in [0.25, 0.3) is 21.9 Å². The summed E-state index contributed by atoms with van der Waals surface area (Å²) in [7, 11) is 0. The molecule has 12 nitrogen and oxygen atoms in total. The number of carbonyl (C=O) groups excluding carboxylic acids is 2. The standard InChI is InChI=1S/C36H48N8O4/c1-3-5-15-30-40-33-34(28-13-6-7-14-29(28)39-35(33)37)44(30)19-10-18-43(24-27-12-8-11-26(22-27)23-32(46)47)31(45)25-41-16-9-17-42(21-20-41)36(48)38-4-2/h6-8,11-14,22H,3-5,9-10,15-21,23-25H2,1-2H3,(H2,37,39)(H,38,48)(H,46,47). The monoisotopic (exact) mass is 656 g/mol. The fourth-order valence-electron chi connectivity index (χ4n) is 6.50. The van der Waals surface area contributed by atoms with E-state index in [4.69, 9.17) is 10.7 Å². The van der Waals surface area contributed by atoms with Crippen LogP contribution in [0.4, 0.5) is 10.6 Å². The number of nitrogens with one attached hydrogen (secondary N) is 1. The number of carbonyl (C=O) groups is 3. The highest BCUT2D eigenvalue weighted by atomic mass is 16.4. The molecule has 3 amide bonds. The number of carboxylic acid groups (broad SMARTS) is 1. The number of nitrogen functional groups attached to an aromatic ring is 1. The van der Waals surface area contributed by atoms with Crippen molar-refractivity contribution in [3.05, 3.63) is 65.5 Å². The lowest BCUT2D eigenvalue weighted by Gasteiger charge is -2.27. The number of benzene rings is 2. The number of fused-ring (bicyclic) bond motifs is 3. The molecule has 12 heteroatoms. The van der Waals surface area contributed by atoms with Gasteiger partial charge < -0.3 is 30.5 Å². The molecule has 4 aromatic rings. The molecule has 2 aromatic heterocycles. The summed E-state index contributed by atoms with van der Waals surface area (Å²) in [4.78, 5) is 53.2. The van der Waals surface area contributed by atoms with E-state index in [1.54, 1.807) is 6.07 Å². The number of para-hydroxylation sites is 1. The maximum atomic E-state index is 14.0. The summed E-state index contributed by atoms with van der Waals surface area (Å²) in [5.74, 6) is 0.502. The molecule has 0 aliphatic carbocycles. The SMILES string of the molecule is CCCCc1nc2c(N)nc3ccccc3c2n1CCCN(Cc1cccc(CC(=O)O)c1)C(=O)CN1CCCN(C(=O)NCC)CC1. The van der Waals surface area contributed by atoms with Gasteiger partial charge in [-0.2, -0.15) is 0 Å². The second-order valence-corrected chi connectivity index (χ2v) is 12.5. The molecule has 0 saturated carbocycles. The first kappa shape index (κ1) is 34.6. The smallest absolute Gasteiger partial charge is 0.317 e. The van der Waals surface area contributed by atoms with Crippen LogP contribution in [0.5, 0.6) is 0 Å². The number of aromatic nitrogens is 3.